The van der Waals surface area contributed by atoms with Gasteiger partial charge < -0.3 is 10.4 Å². The van der Waals surface area contributed by atoms with Gasteiger partial charge in [0.05, 0.1) is 11.9 Å². The fraction of sp³-hybridized carbons (Fsp3) is 1.00. The van der Waals surface area contributed by atoms with Crippen LogP contribution in [0.2, 0.25) is 0 Å². The van der Waals surface area contributed by atoms with Crippen LogP contribution in [0.25, 0.3) is 0 Å². The van der Waals surface area contributed by atoms with Crippen LogP contribution in [0.5, 0.6) is 0 Å². The Morgan fingerprint density at radius 3 is 2.63 bits per heavy atom. The molecule has 112 valence electrons. The summed E-state index contributed by atoms with van der Waals surface area (Å²) in [5.41, 5.74) is -0.523. The van der Waals surface area contributed by atoms with Crippen molar-refractivity contribution in [1.29, 1.82) is 0 Å². The van der Waals surface area contributed by atoms with Gasteiger partial charge in [0.2, 0.25) is 10.0 Å². The summed E-state index contributed by atoms with van der Waals surface area (Å²) in [6.07, 6.45) is 7.29. The molecule has 2 fully saturated rings. The van der Waals surface area contributed by atoms with E-state index < -0.39 is 15.6 Å². The molecule has 6 heteroatoms. The Labute approximate surface area is 116 Å². The summed E-state index contributed by atoms with van der Waals surface area (Å²) in [6.45, 7) is 2.71. The Morgan fingerprint density at radius 1 is 1.32 bits per heavy atom. The van der Waals surface area contributed by atoms with Gasteiger partial charge >= 0.3 is 0 Å². The molecule has 2 N–H and O–H groups in total. The minimum Gasteiger partial charge on any atom is -0.389 e. The number of nitrogens with one attached hydrogen (secondary N) is 1. The van der Waals surface area contributed by atoms with Gasteiger partial charge in [-0.1, -0.05) is 12.8 Å². The molecule has 0 aromatic carbocycles. The smallest absolute Gasteiger partial charge is 0.211 e. The van der Waals surface area contributed by atoms with Crippen molar-refractivity contribution in [2.45, 2.75) is 44.1 Å². The molecule has 1 aliphatic carbocycles. The summed E-state index contributed by atoms with van der Waals surface area (Å²) < 4.78 is 24.6. The van der Waals surface area contributed by atoms with Gasteiger partial charge in [-0.2, -0.15) is 0 Å². The molecule has 0 aromatic heterocycles. The van der Waals surface area contributed by atoms with Gasteiger partial charge in [-0.25, -0.2) is 12.7 Å². The van der Waals surface area contributed by atoms with Crippen molar-refractivity contribution in [2.24, 2.45) is 5.92 Å². The molecular formula is C13H26N2O3S. The maximum absolute atomic E-state index is 11.5. The number of piperidine rings is 1. The van der Waals surface area contributed by atoms with Gasteiger partial charge in [0.15, 0.2) is 0 Å². The van der Waals surface area contributed by atoms with Crippen LogP contribution in [0.3, 0.4) is 0 Å². The van der Waals surface area contributed by atoms with E-state index in [4.69, 9.17) is 0 Å². The van der Waals surface area contributed by atoms with Crippen LogP contribution < -0.4 is 5.32 Å². The fourth-order valence-electron chi connectivity index (χ4n) is 3.21. The lowest BCUT2D eigenvalue weighted by molar-refractivity contribution is 0.0462. The van der Waals surface area contributed by atoms with Crippen molar-refractivity contribution in [3.63, 3.8) is 0 Å². The van der Waals surface area contributed by atoms with Crippen molar-refractivity contribution in [1.82, 2.24) is 9.62 Å². The van der Waals surface area contributed by atoms with Gasteiger partial charge in [-0.05, 0) is 38.1 Å². The van der Waals surface area contributed by atoms with E-state index in [2.05, 4.69) is 5.32 Å². The summed E-state index contributed by atoms with van der Waals surface area (Å²) >= 11 is 0. The molecule has 19 heavy (non-hydrogen) atoms. The van der Waals surface area contributed by atoms with Crippen LogP contribution in [0.4, 0.5) is 0 Å². The molecule has 0 amide bonds. The van der Waals surface area contributed by atoms with E-state index in [9.17, 15) is 13.5 Å². The maximum atomic E-state index is 11.5. The molecule has 1 heterocycles. The molecule has 5 nitrogen and oxygen atoms in total. The molecule has 1 unspecified atom stereocenters. The van der Waals surface area contributed by atoms with Crippen LogP contribution in [-0.4, -0.2) is 55.9 Å². The van der Waals surface area contributed by atoms with Crippen LogP contribution in [0.1, 0.15) is 38.5 Å². The summed E-state index contributed by atoms with van der Waals surface area (Å²) in [6, 6.07) is 0. The molecule has 0 aromatic rings. The molecule has 1 atom stereocenters. The van der Waals surface area contributed by atoms with Crippen molar-refractivity contribution >= 4 is 10.0 Å². The zero-order chi connectivity index (χ0) is 13.9. The molecule has 0 bridgehead atoms. The van der Waals surface area contributed by atoms with Gasteiger partial charge in [0.25, 0.3) is 0 Å². The third-order valence-electron chi connectivity index (χ3n) is 4.37. The molecule has 1 aliphatic heterocycles. The van der Waals surface area contributed by atoms with E-state index >= 15 is 0 Å². The molecule has 1 saturated heterocycles. The van der Waals surface area contributed by atoms with Crippen LogP contribution in [0.15, 0.2) is 0 Å². The molecule has 1 saturated carbocycles. The van der Waals surface area contributed by atoms with Gasteiger partial charge in [-0.3, -0.25) is 0 Å². The zero-order valence-electron chi connectivity index (χ0n) is 11.8. The van der Waals surface area contributed by atoms with E-state index in [1.807, 2.05) is 0 Å². The number of aliphatic hydroxyl groups is 1. The summed E-state index contributed by atoms with van der Waals surface area (Å²) in [7, 11) is -3.06. The quantitative estimate of drug-likeness (QED) is 0.776. The average Bonchev–Trinajstić information content (AvgIpc) is 2.76. The SMILES string of the molecule is CS(=O)(=O)N1CCCC(CNCC2(O)CCCC2)C1. The highest BCUT2D eigenvalue weighted by Crippen LogP contribution is 2.28. The highest BCUT2D eigenvalue weighted by Gasteiger charge is 2.31. The molecule has 0 spiro atoms. The Morgan fingerprint density at radius 2 is 2.00 bits per heavy atom. The third kappa shape index (κ3) is 4.41. The number of rotatable bonds is 5. The number of sulfonamides is 1. The standard InChI is InChI=1S/C13H26N2O3S/c1-19(17,18)15-8-4-5-12(10-15)9-14-11-13(16)6-2-3-7-13/h12,14,16H,2-11H2,1H3. The van der Waals surface area contributed by atoms with Crippen LogP contribution in [-0.2, 0) is 10.0 Å². The van der Waals surface area contributed by atoms with E-state index in [-0.39, 0.29) is 0 Å². The average molecular weight is 290 g/mol. The normalized spacial score (nSPS) is 28.6. The van der Waals surface area contributed by atoms with E-state index in [1.165, 1.54) is 6.26 Å². The van der Waals surface area contributed by atoms with Crippen molar-refractivity contribution < 1.29 is 13.5 Å². The van der Waals surface area contributed by atoms with E-state index in [1.54, 1.807) is 4.31 Å². The van der Waals surface area contributed by atoms with Gasteiger partial charge in [0.1, 0.15) is 0 Å². The lowest BCUT2D eigenvalue weighted by Crippen LogP contribution is -2.45. The van der Waals surface area contributed by atoms with E-state index in [0.717, 1.165) is 45.1 Å². The molecule has 0 radical (unpaired) electrons. The first kappa shape index (κ1) is 15.2. The first-order chi connectivity index (χ1) is 8.89. The van der Waals surface area contributed by atoms with Crippen LogP contribution in [0, 0.1) is 5.92 Å². The Bertz CT molecular complexity index is 391. The maximum Gasteiger partial charge on any atom is 0.211 e. The predicted octanol–water partition coefficient (Wildman–Crippen LogP) is 0.553. The van der Waals surface area contributed by atoms with Crippen molar-refractivity contribution in [2.75, 3.05) is 32.4 Å². The summed E-state index contributed by atoms with van der Waals surface area (Å²) in [4.78, 5) is 0. The van der Waals surface area contributed by atoms with E-state index in [0.29, 0.717) is 25.6 Å². The first-order valence-corrected chi connectivity index (χ1v) is 9.12. The Balaban J connectivity index is 1.74. The molecule has 2 rings (SSSR count). The largest absolute Gasteiger partial charge is 0.389 e. The monoisotopic (exact) mass is 290 g/mol. The second-order valence-electron chi connectivity index (χ2n) is 6.19. The van der Waals surface area contributed by atoms with Crippen LogP contribution >= 0.6 is 0 Å². The fourth-order valence-corrected chi connectivity index (χ4v) is 4.16. The number of hydrogen-bond acceptors (Lipinski definition) is 4. The first-order valence-electron chi connectivity index (χ1n) is 7.27. The predicted molar refractivity (Wildman–Crippen MR) is 75.4 cm³/mol. The highest BCUT2D eigenvalue weighted by molar-refractivity contribution is 7.88. The minimum absolute atomic E-state index is 0.369. The Kier molecular flexibility index (Phi) is 4.87. The molecular weight excluding hydrogens is 264 g/mol. The lowest BCUT2D eigenvalue weighted by atomic mass is 9.98. The number of nitrogens with zero attached hydrogens (tertiary/aromatic N) is 1. The van der Waals surface area contributed by atoms with Gasteiger partial charge in [-0.15, -0.1) is 0 Å². The van der Waals surface area contributed by atoms with Crippen molar-refractivity contribution in [3.05, 3.63) is 0 Å². The topological polar surface area (TPSA) is 69.6 Å². The summed E-state index contributed by atoms with van der Waals surface area (Å²) in [5.74, 6) is 0.369. The van der Waals surface area contributed by atoms with Gasteiger partial charge in [0, 0.05) is 19.6 Å². The third-order valence-corrected chi connectivity index (χ3v) is 5.64. The highest BCUT2D eigenvalue weighted by atomic mass is 32.2. The Hall–Kier alpha value is -0.170. The number of hydrogen-bond donors (Lipinski definition) is 2. The summed E-state index contributed by atoms with van der Waals surface area (Å²) in [5, 5.41) is 13.6. The minimum atomic E-state index is -3.06. The molecule has 2 aliphatic rings. The van der Waals surface area contributed by atoms with Crippen molar-refractivity contribution in [3.8, 4) is 0 Å². The lowest BCUT2D eigenvalue weighted by Gasteiger charge is -2.32. The zero-order valence-corrected chi connectivity index (χ0v) is 12.6. The second kappa shape index (κ2) is 6.08. The second-order valence-corrected chi connectivity index (χ2v) is 8.17.